The van der Waals surface area contributed by atoms with Gasteiger partial charge in [0.15, 0.2) is 0 Å². The Morgan fingerprint density at radius 2 is 1.06 bits per heavy atom. The van der Waals surface area contributed by atoms with Gasteiger partial charge in [-0.1, -0.05) is 113 Å². The number of amides is 13. The number of nitrogens with zero attached hydrogens (tertiary/aromatic N) is 8. The Kier molecular flexibility index (Phi) is 41.0. The number of likely N-dealkylation sites (N-methyl/N-ethyl adjacent to an activating group) is 6. The van der Waals surface area contributed by atoms with E-state index in [1.165, 1.54) is 85.7 Å². The van der Waals surface area contributed by atoms with Crippen LogP contribution in [0.3, 0.4) is 0 Å². The van der Waals surface area contributed by atoms with Crippen molar-refractivity contribution in [2.75, 3.05) is 82.2 Å². The molecule has 6 unspecified atom stereocenters. The molecule has 2 saturated heterocycles. The van der Waals surface area contributed by atoms with Gasteiger partial charge in [-0.25, -0.2) is 9.59 Å². The van der Waals surface area contributed by atoms with Crippen LogP contribution in [0.2, 0.25) is 5.02 Å². The number of carbonyl (C=O) groups excluding carboxylic acids is 14. The van der Waals surface area contributed by atoms with Gasteiger partial charge in [-0.15, -0.1) is 0 Å². The van der Waals surface area contributed by atoms with E-state index in [1.54, 1.807) is 63.8 Å². The molecule has 0 saturated carbocycles. The molecule has 12 atom stereocenters. The molecule has 2 fully saturated rings. The van der Waals surface area contributed by atoms with Gasteiger partial charge < -0.3 is 80.4 Å². The molecule has 31 heteroatoms. The maximum atomic E-state index is 15.4. The van der Waals surface area contributed by atoms with E-state index in [2.05, 4.69) is 26.6 Å². The Labute approximate surface area is 670 Å². The number of ether oxygens (including phenoxy) is 2. The molecule has 6 N–H and O–H groups in total. The van der Waals surface area contributed by atoms with Crippen LogP contribution in [0.5, 0.6) is 0 Å². The second-order valence-electron chi connectivity index (χ2n) is 33.1. The van der Waals surface area contributed by atoms with Crippen molar-refractivity contribution < 1.29 is 81.7 Å². The zero-order valence-electron chi connectivity index (χ0n) is 71.0. The summed E-state index contributed by atoms with van der Waals surface area (Å²) in [6.07, 6.45) is 3.77. The largest absolute Gasteiger partial charge is 0.467 e. The second kappa shape index (κ2) is 46.9. The average molecular weight is 1600 g/mol. The number of hydrogen-bond acceptors (Lipinski definition) is 17. The molecule has 0 aromatic heterocycles. The van der Waals surface area contributed by atoms with E-state index in [0.29, 0.717) is 68.6 Å². The van der Waals surface area contributed by atoms with Gasteiger partial charge in [0.25, 0.3) is 0 Å². The zero-order valence-corrected chi connectivity index (χ0v) is 71.8. The second-order valence-corrected chi connectivity index (χ2v) is 33.6. The third-order valence-corrected chi connectivity index (χ3v) is 21.3. The smallest absolute Gasteiger partial charge is 0.407 e. The molecule has 2 heterocycles. The first-order chi connectivity index (χ1) is 52.4. The summed E-state index contributed by atoms with van der Waals surface area (Å²) in [5, 5.41) is 24.2. The lowest BCUT2D eigenvalue weighted by atomic mass is 9.96. The number of methoxy groups -OCH3 is 1. The number of unbranched alkanes of at least 4 members (excludes halogenated alkanes) is 1. The summed E-state index contributed by atoms with van der Waals surface area (Å²) in [5.41, 5.74) is -0.151. The van der Waals surface area contributed by atoms with Crippen LogP contribution in [-0.2, 0) is 78.2 Å². The van der Waals surface area contributed by atoms with Gasteiger partial charge in [0.05, 0.1) is 13.5 Å². The monoisotopic (exact) mass is 1600 g/mol. The van der Waals surface area contributed by atoms with Crippen LogP contribution in [0, 0.1) is 29.6 Å². The number of carbonyl (C=O) groups is 14. The van der Waals surface area contributed by atoms with Crippen LogP contribution in [0.25, 0.3) is 0 Å². The molecule has 13 amide bonds. The standard InChI is InChI=1S/C81H136ClN13O17/c1-23-32-57(84-69(99)54(12)88(16)73(103)58(35-26-27-37-83-80(110)112-81(13,14)15)85-70(100)61(41-49(3)4)90(18)76(106)60-36-31-40-95(60)67(98)48-96)74(104)93(21)65(44-52(9)10)78(108)91(19)62(42-50(5)6)71(101)86-59(75(105)94-38-28-25-29-39-94)47-66(97)89(17)64(43-51(7)8)77(107)92(20)63(46-55-33-30-34-56(82)45-55)72(102)87-68(53(11)24-2)79(109)111-22/h30,33-34,45,49-54,57-65,68,96H,23-29,31-32,35-44,46-48H2,1-22H3,(H,83,110)(H,84,99)(H,85,100)(H,86,101)(H,87,102)/t53-,54?,57?,58-,59-,60?,61-,62?,63?,64-,65?,68-/m0/s1. The van der Waals surface area contributed by atoms with E-state index in [-0.39, 0.29) is 94.0 Å². The summed E-state index contributed by atoms with van der Waals surface area (Å²) in [5.74, 6) is -9.59. The van der Waals surface area contributed by atoms with Gasteiger partial charge in [0.2, 0.25) is 70.9 Å². The highest BCUT2D eigenvalue weighted by molar-refractivity contribution is 6.30. The van der Waals surface area contributed by atoms with Gasteiger partial charge in [-0.3, -0.25) is 57.5 Å². The maximum absolute atomic E-state index is 15.4. The molecule has 2 aliphatic rings. The number of likely N-dealkylation sites (tertiary alicyclic amines) is 2. The maximum Gasteiger partial charge on any atom is 0.407 e. The van der Waals surface area contributed by atoms with Gasteiger partial charge in [0, 0.05) is 79.9 Å². The van der Waals surface area contributed by atoms with Crippen molar-refractivity contribution in [1.82, 2.24) is 65.8 Å². The van der Waals surface area contributed by atoms with Crippen molar-refractivity contribution in [2.24, 2.45) is 29.6 Å². The lowest BCUT2D eigenvalue weighted by Crippen LogP contribution is -2.61. The third-order valence-electron chi connectivity index (χ3n) is 21.0. The number of halogens is 1. The van der Waals surface area contributed by atoms with Crippen molar-refractivity contribution in [2.45, 2.75) is 285 Å². The first kappa shape index (κ1) is 98.0. The van der Waals surface area contributed by atoms with Crippen LogP contribution < -0.4 is 26.6 Å². The Morgan fingerprint density at radius 1 is 0.571 bits per heavy atom. The summed E-state index contributed by atoms with van der Waals surface area (Å²) in [6.45, 7) is 27.3. The lowest BCUT2D eigenvalue weighted by Gasteiger charge is -2.38. The van der Waals surface area contributed by atoms with Crippen LogP contribution in [0.4, 0.5) is 4.79 Å². The first-order valence-corrected chi connectivity index (χ1v) is 40.5. The Hall–Kier alpha value is -8.15. The van der Waals surface area contributed by atoms with Gasteiger partial charge in [-0.05, 0) is 158 Å². The van der Waals surface area contributed by atoms with E-state index in [9.17, 15) is 48.3 Å². The van der Waals surface area contributed by atoms with Crippen molar-refractivity contribution >= 4 is 94.5 Å². The van der Waals surface area contributed by atoms with Crippen molar-refractivity contribution in [1.29, 1.82) is 0 Å². The van der Waals surface area contributed by atoms with E-state index in [1.807, 2.05) is 62.3 Å². The highest BCUT2D eigenvalue weighted by Crippen LogP contribution is 2.27. The molecule has 112 heavy (non-hydrogen) atoms. The van der Waals surface area contributed by atoms with Crippen molar-refractivity contribution in [3.05, 3.63) is 34.9 Å². The number of benzene rings is 1. The fraction of sp³-hybridized carbons (Fsp3) is 0.753. The topological polar surface area (TPSA) is 364 Å². The minimum atomic E-state index is -1.49. The molecule has 634 valence electrons. The van der Waals surface area contributed by atoms with E-state index in [0.717, 1.165) is 11.3 Å². The molecule has 2 aliphatic heterocycles. The molecule has 0 spiro atoms. The van der Waals surface area contributed by atoms with Crippen LogP contribution in [0.1, 0.15) is 212 Å². The first-order valence-electron chi connectivity index (χ1n) is 40.2. The number of hydrogen-bond donors (Lipinski definition) is 6. The molecular formula is C81H136ClN13O17. The minimum absolute atomic E-state index is 0.0182. The quantitative estimate of drug-likeness (QED) is 0.0318. The van der Waals surface area contributed by atoms with E-state index < -0.39 is 168 Å². The molecule has 0 bridgehead atoms. The number of aliphatic hydroxyl groups is 1. The Balaban J connectivity index is 2.03. The van der Waals surface area contributed by atoms with Crippen LogP contribution in [0.15, 0.2) is 24.3 Å². The normalized spacial score (nSPS) is 16.7. The fourth-order valence-electron chi connectivity index (χ4n) is 14.1. The molecule has 0 aliphatic carbocycles. The molecule has 1 aromatic rings. The van der Waals surface area contributed by atoms with Crippen LogP contribution >= 0.6 is 11.6 Å². The van der Waals surface area contributed by atoms with Crippen molar-refractivity contribution in [3.63, 3.8) is 0 Å². The zero-order chi connectivity index (χ0) is 84.9. The molecule has 0 radical (unpaired) electrons. The lowest BCUT2D eigenvalue weighted by molar-refractivity contribution is -0.151. The van der Waals surface area contributed by atoms with E-state index >= 15 is 24.0 Å². The highest BCUT2D eigenvalue weighted by atomic mass is 35.5. The molecule has 30 nitrogen and oxygen atoms in total. The number of rotatable bonds is 43. The Morgan fingerprint density at radius 3 is 1.58 bits per heavy atom. The third kappa shape index (κ3) is 30.0. The SMILES string of the molecule is CCCC(NC(=O)C(C)N(C)C(=O)[C@H](CCCCNC(=O)OC(C)(C)C)NC(=O)[C@H](CC(C)C)N(C)C(=O)C1CCCN1C(=O)CO)C(=O)N(C)C(CC(C)C)C(=O)N(C)C(CC(C)C)C(=O)N[C@@H](CC(=O)N(C)[C@@H](CC(C)C)C(=O)N(C)C(Cc1cccc(Cl)c1)C(=O)N[C@H](C(=O)OC)[C@@H](C)CC)C(=O)N1CCCCC1. The fourth-order valence-corrected chi connectivity index (χ4v) is 14.3. The Bertz CT molecular complexity index is 3330. The summed E-state index contributed by atoms with van der Waals surface area (Å²) in [4.78, 5) is 212. The number of alkyl carbamates (subject to hydrolysis) is 1. The van der Waals surface area contributed by atoms with Gasteiger partial charge in [0.1, 0.15) is 78.7 Å². The summed E-state index contributed by atoms with van der Waals surface area (Å²) in [7, 11) is 9.80. The molecule has 1 aromatic carbocycles. The number of nitrogens with one attached hydrogen (secondary N) is 5. The number of piperidine rings is 1. The highest BCUT2D eigenvalue weighted by Gasteiger charge is 2.45. The van der Waals surface area contributed by atoms with Gasteiger partial charge >= 0.3 is 12.1 Å². The van der Waals surface area contributed by atoms with Crippen LogP contribution in [-0.4, -0.2) is 281 Å². The molecular weight excluding hydrogens is 1460 g/mol. The molecule has 3 rings (SSSR count). The van der Waals surface area contributed by atoms with Gasteiger partial charge in [-0.2, -0.15) is 0 Å². The minimum Gasteiger partial charge on any atom is -0.467 e. The number of esters is 1. The summed E-state index contributed by atoms with van der Waals surface area (Å²) < 4.78 is 10.4. The summed E-state index contributed by atoms with van der Waals surface area (Å²) >= 11 is 6.41. The average Bonchev–Trinajstić information content (AvgIpc) is 1.04. The number of aliphatic hydroxyl groups excluding tert-OH is 1. The van der Waals surface area contributed by atoms with Crippen molar-refractivity contribution in [3.8, 4) is 0 Å². The predicted octanol–water partition coefficient (Wildman–Crippen LogP) is 6.09. The summed E-state index contributed by atoms with van der Waals surface area (Å²) in [6, 6.07) is -6.54. The van der Waals surface area contributed by atoms with E-state index in [4.69, 9.17) is 21.1 Å². The predicted molar refractivity (Wildman–Crippen MR) is 427 cm³/mol.